The van der Waals surface area contributed by atoms with Gasteiger partial charge in [0, 0.05) is 18.5 Å². The van der Waals surface area contributed by atoms with Crippen LogP contribution in [0.25, 0.3) is 0 Å². The third kappa shape index (κ3) is 2.78. The Labute approximate surface area is 113 Å². The number of nitrogens with zero attached hydrogens (tertiary/aromatic N) is 1. The van der Waals surface area contributed by atoms with E-state index >= 15 is 0 Å². The Morgan fingerprint density at radius 2 is 2.11 bits per heavy atom. The molecule has 2 rings (SSSR count). The van der Waals surface area contributed by atoms with Gasteiger partial charge in [0.05, 0.1) is 12.1 Å². The third-order valence-electron chi connectivity index (χ3n) is 3.93. The molecule has 1 atom stereocenters. The Morgan fingerprint density at radius 3 is 2.63 bits per heavy atom. The monoisotopic (exact) mass is 265 g/mol. The van der Waals surface area contributed by atoms with Crippen molar-refractivity contribution < 1.29 is 14.3 Å². The largest absolute Gasteiger partial charge is 0.393 e. The molecule has 3 nitrogen and oxygen atoms in total. The van der Waals surface area contributed by atoms with Crippen molar-refractivity contribution in [2.24, 2.45) is 5.92 Å². The van der Waals surface area contributed by atoms with Crippen LogP contribution in [0.1, 0.15) is 37.8 Å². The summed E-state index contributed by atoms with van der Waals surface area (Å²) < 4.78 is 13.8. The van der Waals surface area contributed by atoms with E-state index in [2.05, 4.69) is 0 Å². The zero-order valence-corrected chi connectivity index (χ0v) is 11.3. The van der Waals surface area contributed by atoms with Crippen LogP contribution in [0.2, 0.25) is 0 Å². The maximum Gasteiger partial charge on any atom is 0.226 e. The first kappa shape index (κ1) is 14.0. The molecule has 104 valence electrons. The molecule has 0 spiro atoms. The number of hydrogen-bond donors (Lipinski definition) is 1. The minimum atomic E-state index is -0.351. The first-order valence-electron chi connectivity index (χ1n) is 6.73. The summed E-state index contributed by atoms with van der Waals surface area (Å²) in [5, 5.41) is 9.28. The van der Waals surface area contributed by atoms with Crippen LogP contribution in [0.15, 0.2) is 24.3 Å². The third-order valence-corrected chi connectivity index (χ3v) is 3.93. The van der Waals surface area contributed by atoms with Crippen LogP contribution in [0, 0.1) is 11.7 Å². The number of hydrogen-bond acceptors (Lipinski definition) is 2. The molecule has 19 heavy (non-hydrogen) atoms. The first-order valence-corrected chi connectivity index (χ1v) is 6.73. The summed E-state index contributed by atoms with van der Waals surface area (Å²) >= 11 is 0. The number of amides is 1. The molecule has 0 heterocycles. The predicted octanol–water partition coefficient (Wildman–Crippen LogP) is 2.51. The van der Waals surface area contributed by atoms with E-state index in [1.165, 1.54) is 6.07 Å². The molecular formula is C15H20FNO2. The first-order chi connectivity index (χ1) is 9.04. The summed E-state index contributed by atoms with van der Waals surface area (Å²) in [6.45, 7) is 1.94. The number of halogens is 1. The zero-order chi connectivity index (χ0) is 14.0. The van der Waals surface area contributed by atoms with Crippen molar-refractivity contribution >= 4 is 5.91 Å². The van der Waals surface area contributed by atoms with Gasteiger partial charge in [-0.2, -0.15) is 0 Å². The van der Waals surface area contributed by atoms with E-state index in [1.807, 2.05) is 6.92 Å². The van der Waals surface area contributed by atoms with Crippen molar-refractivity contribution in [2.45, 2.75) is 38.3 Å². The maximum atomic E-state index is 13.8. The second kappa shape index (κ2) is 5.70. The molecule has 1 aliphatic carbocycles. The SMILES string of the molecule is CCC(c1ccccc1F)N(C)C(=O)C1CC(O)C1. The number of benzene rings is 1. The quantitative estimate of drug-likeness (QED) is 0.908. The molecule has 1 unspecified atom stereocenters. The molecular weight excluding hydrogens is 245 g/mol. The molecule has 1 saturated carbocycles. The Bertz CT molecular complexity index is 457. The zero-order valence-electron chi connectivity index (χ0n) is 11.3. The number of carbonyl (C=O) groups is 1. The van der Waals surface area contributed by atoms with Crippen molar-refractivity contribution in [1.82, 2.24) is 4.90 Å². The van der Waals surface area contributed by atoms with Crippen LogP contribution >= 0.6 is 0 Å². The van der Waals surface area contributed by atoms with Crippen molar-refractivity contribution in [3.05, 3.63) is 35.6 Å². The van der Waals surface area contributed by atoms with Gasteiger partial charge in [-0.3, -0.25) is 4.79 Å². The molecule has 1 aromatic carbocycles. The van der Waals surface area contributed by atoms with Gasteiger partial charge in [-0.25, -0.2) is 4.39 Å². The topological polar surface area (TPSA) is 40.5 Å². The van der Waals surface area contributed by atoms with Gasteiger partial charge in [-0.15, -0.1) is 0 Å². The summed E-state index contributed by atoms with van der Waals surface area (Å²) in [6, 6.07) is 6.33. The van der Waals surface area contributed by atoms with Crippen LogP contribution in [-0.4, -0.2) is 29.1 Å². The van der Waals surface area contributed by atoms with E-state index < -0.39 is 0 Å². The molecule has 1 aromatic rings. The Morgan fingerprint density at radius 1 is 1.47 bits per heavy atom. The van der Waals surface area contributed by atoms with E-state index in [-0.39, 0.29) is 29.8 Å². The van der Waals surface area contributed by atoms with Crippen LogP contribution in [0.5, 0.6) is 0 Å². The number of rotatable bonds is 4. The second-order valence-corrected chi connectivity index (χ2v) is 5.22. The summed E-state index contributed by atoms with van der Waals surface area (Å²) in [7, 11) is 1.72. The second-order valence-electron chi connectivity index (χ2n) is 5.22. The average Bonchev–Trinajstić information content (AvgIpc) is 2.37. The number of carbonyl (C=O) groups excluding carboxylic acids is 1. The van der Waals surface area contributed by atoms with Crippen molar-refractivity contribution in [2.75, 3.05) is 7.05 Å². The highest BCUT2D eigenvalue weighted by molar-refractivity contribution is 5.80. The molecule has 0 aromatic heterocycles. The summed E-state index contributed by atoms with van der Waals surface area (Å²) in [6.07, 6.45) is 1.36. The van der Waals surface area contributed by atoms with Gasteiger partial charge in [0.1, 0.15) is 5.82 Å². The highest BCUT2D eigenvalue weighted by atomic mass is 19.1. The lowest BCUT2D eigenvalue weighted by Crippen LogP contribution is -2.43. The standard InChI is InChI=1S/C15H20FNO2/c1-3-14(12-6-4-5-7-13(12)16)17(2)15(19)10-8-11(18)9-10/h4-7,10-11,14,18H,3,8-9H2,1-2H3. The Balaban J connectivity index is 2.13. The molecule has 1 aliphatic rings. The van der Waals surface area contributed by atoms with Gasteiger partial charge < -0.3 is 10.0 Å². The summed E-state index contributed by atoms with van der Waals surface area (Å²) in [5.74, 6) is -0.385. The summed E-state index contributed by atoms with van der Waals surface area (Å²) in [4.78, 5) is 13.9. The molecule has 1 fully saturated rings. The molecule has 0 saturated heterocycles. The lowest BCUT2D eigenvalue weighted by molar-refractivity contribution is -0.143. The van der Waals surface area contributed by atoms with Gasteiger partial charge in [0.25, 0.3) is 0 Å². The molecule has 0 radical (unpaired) electrons. The van der Waals surface area contributed by atoms with Gasteiger partial charge >= 0.3 is 0 Å². The molecule has 1 amide bonds. The maximum absolute atomic E-state index is 13.8. The minimum absolute atomic E-state index is 0.000373. The van der Waals surface area contributed by atoms with Crippen molar-refractivity contribution in [1.29, 1.82) is 0 Å². The molecule has 0 aliphatic heterocycles. The van der Waals surface area contributed by atoms with Crippen LogP contribution in [-0.2, 0) is 4.79 Å². The molecule has 0 bridgehead atoms. The van der Waals surface area contributed by atoms with Gasteiger partial charge in [0.15, 0.2) is 0 Å². The van der Waals surface area contributed by atoms with Crippen LogP contribution in [0.4, 0.5) is 4.39 Å². The van der Waals surface area contributed by atoms with E-state index in [1.54, 1.807) is 30.1 Å². The minimum Gasteiger partial charge on any atom is -0.393 e. The lowest BCUT2D eigenvalue weighted by atomic mass is 9.81. The Kier molecular flexibility index (Phi) is 4.20. The fourth-order valence-corrected chi connectivity index (χ4v) is 2.68. The number of aliphatic hydroxyl groups excluding tert-OH is 1. The summed E-state index contributed by atoms with van der Waals surface area (Å²) in [5.41, 5.74) is 0.556. The molecule has 1 N–H and O–H groups in total. The normalized spacial score (nSPS) is 23.6. The highest BCUT2D eigenvalue weighted by Crippen LogP contribution is 2.33. The lowest BCUT2D eigenvalue weighted by Gasteiger charge is -2.36. The van der Waals surface area contributed by atoms with Gasteiger partial charge in [0.2, 0.25) is 5.91 Å². The molecule has 4 heteroatoms. The van der Waals surface area contributed by atoms with Gasteiger partial charge in [-0.05, 0) is 25.3 Å². The van der Waals surface area contributed by atoms with Crippen LogP contribution in [0.3, 0.4) is 0 Å². The fraction of sp³-hybridized carbons (Fsp3) is 0.533. The van der Waals surface area contributed by atoms with E-state index in [0.717, 1.165) is 0 Å². The highest BCUT2D eigenvalue weighted by Gasteiger charge is 2.36. The fourth-order valence-electron chi connectivity index (χ4n) is 2.68. The van der Waals surface area contributed by atoms with E-state index in [0.29, 0.717) is 24.8 Å². The van der Waals surface area contributed by atoms with Crippen molar-refractivity contribution in [3.63, 3.8) is 0 Å². The predicted molar refractivity (Wildman–Crippen MR) is 70.9 cm³/mol. The number of aliphatic hydroxyl groups is 1. The van der Waals surface area contributed by atoms with E-state index in [9.17, 15) is 14.3 Å². The average molecular weight is 265 g/mol. The Hall–Kier alpha value is -1.42. The van der Waals surface area contributed by atoms with Crippen LogP contribution < -0.4 is 0 Å². The van der Waals surface area contributed by atoms with Crippen molar-refractivity contribution in [3.8, 4) is 0 Å². The van der Waals surface area contributed by atoms with E-state index in [4.69, 9.17) is 0 Å². The van der Waals surface area contributed by atoms with Gasteiger partial charge in [-0.1, -0.05) is 25.1 Å². The smallest absolute Gasteiger partial charge is 0.226 e.